The zero-order valence-corrected chi connectivity index (χ0v) is 27.9. The number of hydrogen-bond donors (Lipinski definition) is 6. The van der Waals surface area contributed by atoms with E-state index in [-0.39, 0.29) is 41.3 Å². The summed E-state index contributed by atoms with van der Waals surface area (Å²) >= 11 is 0. The van der Waals surface area contributed by atoms with Crippen LogP contribution in [0.3, 0.4) is 0 Å². The molecule has 0 aromatic heterocycles. The van der Waals surface area contributed by atoms with Crippen molar-refractivity contribution >= 4 is 5.97 Å². The van der Waals surface area contributed by atoms with E-state index in [4.69, 9.17) is 42.6 Å². The lowest BCUT2D eigenvalue weighted by Crippen LogP contribution is -2.64. The van der Waals surface area contributed by atoms with Gasteiger partial charge in [0.1, 0.15) is 43.2 Å². The van der Waals surface area contributed by atoms with E-state index in [0.717, 1.165) is 11.1 Å². The summed E-state index contributed by atoms with van der Waals surface area (Å²) in [6.45, 7) is 3.10. The molecule has 4 aliphatic heterocycles. The van der Waals surface area contributed by atoms with Gasteiger partial charge in [0.2, 0.25) is 6.29 Å². The van der Waals surface area contributed by atoms with Gasteiger partial charge in [-0.05, 0) is 42.3 Å². The number of carbonyl (C=O) groups excluding carboxylic acids is 1. The van der Waals surface area contributed by atoms with E-state index in [1.54, 1.807) is 36.4 Å². The minimum Gasteiger partial charge on any atom is -0.504 e. The second-order valence-corrected chi connectivity index (χ2v) is 12.9. The number of ether oxygens (including phenoxy) is 9. The van der Waals surface area contributed by atoms with Gasteiger partial charge in [-0.1, -0.05) is 12.1 Å². The van der Waals surface area contributed by atoms with Gasteiger partial charge in [0.15, 0.2) is 35.4 Å². The van der Waals surface area contributed by atoms with Crippen molar-refractivity contribution in [3.63, 3.8) is 0 Å². The van der Waals surface area contributed by atoms with Gasteiger partial charge in [-0.15, -0.1) is 0 Å². The summed E-state index contributed by atoms with van der Waals surface area (Å²) in [4.78, 5) is 11.5. The molecular formula is C34H44O16. The van der Waals surface area contributed by atoms with Gasteiger partial charge in [0.25, 0.3) is 0 Å². The molecule has 16 heteroatoms. The number of methoxy groups -OCH3 is 2. The second-order valence-electron chi connectivity index (χ2n) is 12.9. The molecule has 0 aliphatic carbocycles. The van der Waals surface area contributed by atoms with Crippen molar-refractivity contribution in [2.75, 3.05) is 34.0 Å². The lowest BCUT2D eigenvalue weighted by Gasteiger charge is -2.45. The van der Waals surface area contributed by atoms with Crippen LogP contribution in [0.5, 0.6) is 23.0 Å². The molecule has 6 rings (SSSR count). The van der Waals surface area contributed by atoms with E-state index in [2.05, 4.69) is 0 Å². The molecule has 14 atom stereocenters. The van der Waals surface area contributed by atoms with Gasteiger partial charge in [-0.25, -0.2) is 0 Å². The van der Waals surface area contributed by atoms with Crippen LogP contribution >= 0.6 is 0 Å². The molecule has 0 spiro atoms. The molecule has 0 amide bonds. The maximum absolute atomic E-state index is 11.5. The normalized spacial score (nSPS) is 38.3. The van der Waals surface area contributed by atoms with Crippen LogP contribution < -0.4 is 14.2 Å². The molecule has 16 nitrogen and oxygen atoms in total. The quantitative estimate of drug-likeness (QED) is 0.180. The summed E-state index contributed by atoms with van der Waals surface area (Å²) in [5.41, 5.74) is 1.66. The Morgan fingerprint density at radius 1 is 0.760 bits per heavy atom. The third kappa shape index (κ3) is 7.10. The van der Waals surface area contributed by atoms with Crippen molar-refractivity contribution in [3.05, 3.63) is 47.5 Å². The molecule has 0 radical (unpaired) electrons. The van der Waals surface area contributed by atoms with E-state index in [0.29, 0.717) is 19.0 Å². The van der Waals surface area contributed by atoms with Crippen LogP contribution in [0.2, 0.25) is 0 Å². The van der Waals surface area contributed by atoms with Crippen molar-refractivity contribution < 1.29 is 78.1 Å². The molecule has 6 N–H and O–H groups in total. The fourth-order valence-corrected chi connectivity index (χ4v) is 6.95. The molecule has 4 saturated heterocycles. The molecule has 4 aliphatic rings. The third-order valence-electron chi connectivity index (χ3n) is 9.75. The van der Waals surface area contributed by atoms with Gasteiger partial charge in [0, 0.05) is 18.8 Å². The molecular weight excluding hydrogens is 664 g/mol. The van der Waals surface area contributed by atoms with Crippen LogP contribution in [-0.4, -0.2) is 132 Å². The predicted molar refractivity (Wildman–Crippen MR) is 167 cm³/mol. The van der Waals surface area contributed by atoms with E-state index in [1.165, 1.54) is 28.1 Å². The molecule has 0 bridgehead atoms. The number of phenolic OH excluding ortho intramolecular Hbond substituents is 1. The minimum atomic E-state index is -1.72. The zero-order valence-electron chi connectivity index (χ0n) is 27.9. The molecule has 0 saturated carbocycles. The van der Waals surface area contributed by atoms with E-state index >= 15 is 0 Å². The first kappa shape index (κ1) is 36.5. The number of fused-ring (bicyclic) bond motifs is 1. The summed E-state index contributed by atoms with van der Waals surface area (Å²) < 4.78 is 52.0. The summed E-state index contributed by atoms with van der Waals surface area (Å²) in [6, 6.07) is 10.3. The Bertz CT molecular complexity index is 1490. The van der Waals surface area contributed by atoms with Gasteiger partial charge in [-0.3, -0.25) is 4.79 Å². The molecule has 4 heterocycles. The van der Waals surface area contributed by atoms with Crippen molar-refractivity contribution in [2.45, 2.75) is 87.5 Å². The highest BCUT2D eigenvalue weighted by Crippen LogP contribution is 2.51. The first-order valence-electron chi connectivity index (χ1n) is 16.4. The number of aromatic hydroxyl groups is 1. The monoisotopic (exact) mass is 708 g/mol. The standard InChI is InChI=1S/C34H44O16/c1-14-25(37)27(39)29(41)33(47-14)50-32-28(40)26(38)24(13-44-15(2)35)49-34(32)48-21-8-6-17(10-23(21)43-4)31-19-12-45-30(18(19)11-46-31)16-5-7-20(36)22(9-16)42-3/h5-10,14,18-19,24-34,36-41H,11-13H2,1-4H3/t14-,18+,19-,24+,25-,26+,27+,28-,29+,30-,31+,32+,33-,34+/m0/s1. The SMILES string of the molecule is COc1cc([C@@H]2OC[C@H]3[C@H]2CO[C@@H]3c2ccc(O[C@@H]3O[C@H](COC(C)=O)[C@@H](O)[C@H](O)[C@H]3O[C@@H]3O[C@@H](C)[C@H](O)[C@@H](O)[C@H]3O)c(OC)c2)ccc1O. The highest BCUT2D eigenvalue weighted by Gasteiger charge is 2.52. The Kier molecular flexibility index (Phi) is 11.0. The molecule has 4 fully saturated rings. The minimum absolute atomic E-state index is 0.00702. The number of phenols is 1. The van der Waals surface area contributed by atoms with E-state index in [9.17, 15) is 35.4 Å². The Morgan fingerprint density at radius 2 is 1.38 bits per heavy atom. The number of carbonyl (C=O) groups is 1. The molecule has 276 valence electrons. The first-order valence-corrected chi connectivity index (χ1v) is 16.4. The lowest BCUT2D eigenvalue weighted by atomic mass is 9.85. The number of benzene rings is 2. The Balaban J connectivity index is 1.21. The number of aliphatic hydroxyl groups is 5. The van der Waals surface area contributed by atoms with E-state index < -0.39 is 74.0 Å². The highest BCUT2D eigenvalue weighted by molar-refractivity contribution is 5.65. The third-order valence-corrected chi connectivity index (χ3v) is 9.75. The molecule has 50 heavy (non-hydrogen) atoms. The summed E-state index contributed by atoms with van der Waals surface area (Å²) in [7, 11) is 2.93. The van der Waals surface area contributed by atoms with Crippen LogP contribution in [0.25, 0.3) is 0 Å². The van der Waals surface area contributed by atoms with Crippen LogP contribution in [0, 0.1) is 11.8 Å². The Labute approximate surface area is 287 Å². The van der Waals surface area contributed by atoms with Crippen LogP contribution in [0.4, 0.5) is 0 Å². The maximum Gasteiger partial charge on any atom is 0.302 e. The zero-order chi connectivity index (χ0) is 35.9. The number of rotatable bonds is 10. The number of aliphatic hydroxyl groups excluding tert-OH is 5. The molecule has 0 unspecified atom stereocenters. The van der Waals surface area contributed by atoms with Crippen LogP contribution in [0.15, 0.2) is 36.4 Å². The highest BCUT2D eigenvalue weighted by atomic mass is 16.8. The maximum atomic E-state index is 11.5. The predicted octanol–water partition coefficient (Wildman–Crippen LogP) is 0.0859. The first-order chi connectivity index (χ1) is 23.9. The van der Waals surface area contributed by atoms with Crippen molar-refractivity contribution in [1.29, 1.82) is 0 Å². The fraction of sp³-hybridized carbons (Fsp3) is 0.618. The smallest absolute Gasteiger partial charge is 0.302 e. The molecule has 2 aromatic rings. The average Bonchev–Trinajstić information content (AvgIpc) is 3.72. The Hall–Kier alpha value is -3.29. The van der Waals surface area contributed by atoms with Crippen molar-refractivity contribution in [2.24, 2.45) is 11.8 Å². The topological polar surface area (TPSA) is 222 Å². The van der Waals surface area contributed by atoms with Crippen molar-refractivity contribution in [1.82, 2.24) is 0 Å². The largest absolute Gasteiger partial charge is 0.504 e. The van der Waals surface area contributed by atoms with E-state index in [1.807, 2.05) is 0 Å². The fourth-order valence-electron chi connectivity index (χ4n) is 6.95. The van der Waals surface area contributed by atoms with Gasteiger partial charge >= 0.3 is 5.97 Å². The van der Waals surface area contributed by atoms with Gasteiger partial charge < -0.3 is 73.3 Å². The van der Waals surface area contributed by atoms with Crippen molar-refractivity contribution in [3.8, 4) is 23.0 Å². The van der Waals surface area contributed by atoms with Gasteiger partial charge in [0.05, 0.1) is 45.7 Å². The number of hydrogen-bond acceptors (Lipinski definition) is 16. The molecule has 2 aromatic carbocycles. The summed E-state index contributed by atoms with van der Waals surface area (Å²) in [6.07, 6.45) is -15.4. The average molecular weight is 709 g/mol. The lowest BCUT2D eigenvalue weighted by molar-refractivity contribution is -0.354. The van der Waals surface area contributed by atoms with Crippen LogP contribution in [0.1, 0.15) is 37.2 Å². The Morgan fingerprint density at radius 3 is 2.00 bits per heavy atom. The van der Waals surface area contributed by atoms with Gasteiger partial charge in [-0.2, -0.15) is 0 Å². The number of esters is 1. The second kappa shape index (κ2) is 15.1. The summed E-state index contributed by atoms with van der Waals surface area (Å²) in [5.74, 6) is 0.226. The summed E-state index contributed by atoms with van der Waals surface area (Å²) in [5, 5.41) is 63.1. The van der Waals surface area contributed by atoms with Crippen LogP contribution in [-0.2, 0) is 33.2 Å².